The lowest BCUT2D eigenvalue weighted by Crippen LogP contribution is -2.28. The Balaban J connectivity index is 2.10. The molecule has 0 fully saturated rings. The number of ether oxygens (including phenoxy) is 2. The molecule has 0 bridgehead atoms. The van der Waals surface area contributed by atoms with Gasteiger partial charge in [0, 0.05) is 12.4 Å². The van der Waals surface area contributed by atoms with Crippen molar-refractivity contribution in [3.05, 3.63) is 78.9 Å². The summed E-state index contributed by atoms with van der Waals surface area (Å²) >= 11 is 0. The molecule has 0 spiro atoms. The fourth-order valence-corrected chi connectivity index (χ4v) is 4.10. The van der Waals surface area contributed by atoms with Gasteiger partial charge in [-0.1, -0.05) is 18.2 Å². The minimum atomic E-state index is -4.04. The molecule has 156 valence electrons. The zero-order valence-corrected chi connectivity index (χ0v) is 17.5. The van der Waals surface area contributed by atoms with E-state index in [2.05, 4.69) is 21.5 Å². The van der Waals surface area contributed by atoms with E-state index in [-0.39, 0.29) is 16.6 Å². The number of aromatic nitrogens is 3. The fourth-order valence-electron chi connectivity index (χ4n) is 2.69. The largest absolute Gasteiger partial charge is 0.478 e. The SMILES string of the molecule is C=CCOCc1ccc(N(c2ncc(C)nc2OC)S(=O)(=O)c2cccnc2)cc1. The van der Waals surface area contributed by atoms with Gasteiger partial charge in [-0.2, -0.15) is 0 Å². The Morgan fingerprint density at radius 3 is 2.57 bits per heavy atom. The molecule has 0 atom stereocenters. The first-order chi connectivity index (χ1) is 14.5. The van der Waals surface area contributed by atoms with Crippen LogP contribution in [0.1, 0.15) is 11.3 Å². The Bertz CT molecular complexity index is 1100. The Kier molecular flexibility index (Phi) is 6.76. The third-order valence-corrected chi connectivity index (χ3v) is 5.78. The van der Waals surface area contributed by atoms with Crippen LogP contribution in [0.25, 0.3) is 0 Å². The maximum atomic E-state index is 13.5. The second-order valence-corrected chi connectivity index (χ2v) is 8.06. The summed E-state index contributed by atoms with van der Waals surface area (Å²) in [6, 6.07) is 9.98. The molecule has 2 heterocycles. The third kappa shape index (κ3) is 4.64. The molecular formula is C21H22N4O4S. The molecule has 0 aliphatic carbocycles. The molecule has 0 unspecified atom stereocenters. The van der Waals surface area contributed by atoms with Crippen LogP contribution < -0.4 is 9.04 Å². The van der Waals surface area contributed by atoms with Gasteiger partial charge in [0.1, 0.15) is 4.90 Å². The van der Waals surface area contributed by atoms with E-state index in [0.717, 1.165) is 9.87 Å². The van der Waals surface area contributed by atoms with E-state index in [1.807, 2.05) is 0 Å². The molecule has 3 rings (SSSR count). The summed E-state index contributed by atoms with van der Waals surface area (Å²) in [7, 11) is -2.62. The number of pyridine rings is 1. The zero-order chi connectivity index (χ0) is 21.6. The van der Waals surface area contributed by atoms with Crippen molar-refractivity contribution >= 4 is 21.5 Å². The van der Waals surface area contributed by atoms with E-state index < -0.39 is 10.0 Å². The van der Waals surface area contributed by atoms with E-state index in [4.69, 9.17) is 9.47 Å². The van der Waals surface area contributed by atoms with Crippen molar-refractivity contribution in [2.24, 2.45) is 0 Å². The van der Waals surface area contributed by atoms with Crippen LogP contribution in [0.3, 0.4) is 0 Å². The smallest absolute Gasteiger partial charge is 0.271 e. The van der Waals surface area contributed by atoms with Gasteiger partial charge in [-0.25, -0.2) is 22.7 Å². The molecule has 30 heavy (non-hydrogen) atoms. The van der Waals surface area contributed by atoms with Gasteiger partial charge in [0.2, 0.25) is 5.82 Å². The molecule has 0 aliphatic heterocycles. The number of anilines is 2. The van der Waals surface area contributed by atoms with Crippen LogP contribution in [-0.4, -0.2) is 37.1 Å². The molecule has 0 saturated carbocycles. The number of benzene rings is 1. The van der Waals surface area contributed by atoms with Crippen molar-refractivity contribution in [1.82, 2.24) is 15.0 Å². The van der Waals surface area contributed by atoms with Gasteiger partial charge in [0.15, 0.2) is 0 Å². The van der Waals surface area contributed by atoms with Crippen molar-refractivity contribution in [3.63, 3.8) is 0 Å². The normalized spacial score (nSPS) is 11.1. The Hall–Kier alpha value is -3.30. The van der Waals surface area contributed by atoms with Gasteiger partial charge < -0.3 is 9.47 Å². The molecule has 8 nitrogen and oxygen atoms in total. The van der Waals surface area contributed by atoms with Crippen LogP contribution in [0.15, 0.2) is 72.5 Å². The topological polar surface area (TPSA) is 94.5 Å². The highest BCUT2D eigenvalue weighted by atomic mass is 32.2. The standard InChI is InChI=1S/C21H22N4O4S/c1-4-12-29-15-17-7-9-18(10-8-17)25(20-21(28-3)24-16(2)13-23-20)30(26,27)19-6-5-11-22-14-19/h4-11,13-14H,1,12,15H2,2-3H3. The lowest BCUT2D eigenvalue weighted by atomic mass is 10.2. The first kappa shape index (κ1) is 21.4. The number of hydrogen-bond acceptors (Lipinski definition) is 7. The molecule has 3 aromatic rings. The molecule has 9 heteroatoms. The second kappa shape index (κ2) is 9.47. The minimum Gasteiger partial charge on any atom is -0.478 e. The predicted octanol–water partition coefficient (Wildman–Crippen LogP) is 3.42. The molecule has 2 aromatic heterocycles. The molecule has 0 radical (unpaired) electrons. The molecule has 0 N–H and O–H groups in total. The van der Waals surface area contributed by atoms with Gasteiger partial charge in [-0.15, -0.1) is 6.58 Å². The Morgan fingerprint density at radius 2 is 1.93 bits per heavy atom. The summed E-state index contributed by atoms with van der Waals surface area (Å²) in [6.07, 6.45) is 5.95. The summed E-state index contributed by atoms with van der Waals surface area (Å²) in [5.41, 5.74) is 1.87. The average molecular weight is 426 g/mol. The highest BCUT2D eigenvalue weighted by molar-refractivity contribution is 7.93. The number of aryl methyl sites for hydroxylation is 1. The number of nitrogens with zero attached hydrogens (tertiary/aromatic N) is 4. The van der Waals surface area contributed by atoms with Gasteiger partial charge in [-0.05, 0) is 36.8 Å². The fraction of sp³-hybridized carbons (Fsp3) is 0.190. The summed E-state index contributed by atoms with van der Waals surface area (Å²) in [6.45, 7) is 6.17. The summed E-state index contributed by atoms with van der Waals surface area (Å²) in [5.74, 6) is 0.156. The zero-order valence-electron chi connectivity index (χ0n) is 16.7. The summed E-state index contributed by atoms with van der Waals surface area (Å²) < 4.78 is 38.9. The number of hydrogen-bond donors (Lipinski definition) is 0. The number of methoxy groups -OCH3 is 1. The maximum Gasteiger partial charge on any atom is 0.271 e. The van der Waals surface area contributed by atoms with Crippen LogP contribution in [0.5, 0.6) is 5.88 Å². The Morgan fingerprint density at radius 1 is 1.17 bits per heavy atom. The van der Waals surface area contributed by atoms with E-state index in [9.17, 15) is 8.42 Å². The minimum absolute atomic E-state index is 0.0211. The molecule has 0 amide bonds. The van der Waals surface area contributed by atoms with E-state index in [1.165, 1.54) is 31.8 Å². The van der Waals surface area contributed by atoms with Crippen molar-refractivity contribution in [3.8, 4) is 5.88 Å². The van der Waals surface area contributed by atoms with Crippen molar-refractivity contribution in [2.45, 2.75) is 18.4 Å². The average Bonchev–Trinajstić information content (AvgIpc) is 2.76. The highest BCUT2D eigenvalue weighted by Crippen LogP contribution is 2.35. The van der Waals surface area contributed by atoms with Crippen molar-refractivity contribution in [2.75, 3.05) is 18.0 Å². The van der Waals surface area contributed by atoms with Crippen LogP contribution in [0, 0.1) is 6.92 Å². The number of rotatable bonds is 9. The van der Waals surface area contributed by atoms with Crippen LogP contribution in [0.4, 0.5) is 11.5 Å². The monoisotopic (exact) mass is 426 g/mol. The summed E-state index contributed by atoms with van der Waals surface area (Å²) in [4.78, 5) is 12.5. The van der Waals surface area contributed by atoms with Crippen LogP contribution >= 0.6 is 0 Å². The molecule has 0 saturated heterocycles. The maximum absolute atomic E-state index is 13.5. The van der Waals surface area contributed by atoms with Crippen molar-refractivity contribution in [1.29, 1.82) is 0 Å². The van der Waals surface area contributed by atoms with Gasteiger partial charge in [-0.3, -0.25) is 4.98 Å². The number of sulfonamides is 1. The molecule has 0 aliphatic rings. The second-order valence-electron chi connectivity index (χ2n) is 6.27. The Labute approximate surface area is 175 Å². The molecule has 1 aromatic carbocycles. The van der Waals surface area contributed by atoms with Crippen LogP contribution in [0.2, 0.25) is 0 Å². The van der Waals surface area contributed by atoms with E-state index in [1.54, 1.807) is 43.3 Å². The highest BCUT2D eigenvalue weighted by Gasteiger charge is 2.31. The van der Waals surface area contributed by atoms with E-state index in [0.29, 0.717) is 24.6 Å². The van der Waals surface area contributed by atoms with E-state index >= 15 is 0 Å². The lowest BCUT2D eigenvalue weighted by Gasteiger charge is -2.24. The van der Waals surface area contributed by atoms with Gasteiger partial charge in [0.25, 0.3) is 15.9 Å². The first-order valence-electron chi connectivity index (χ1n) is 9.08. The van der Waals surface area contributed by atoms with Crippen molar-refractivity contribution < 1.29 is 17.9 Å². The van der Waals surface area contributed by atoms with Gasteiger partial charge in [0.05, 0.1) is 37.9 Å². The quantitative estimate of drug-likeness (QED) is 0.382. The molecular weight excluding hydrogens is 404 g/mol. The predicted molar refractivity (Wildman–Crippen MR) is 113 cm³/mol. The lowest BCUT2D eigenvalue weighted by molar-refractivity contribution is 0.149. The van der Waals surface area contributed by atoms with Gasteiger partial charge >= 0.3 is 0 Å². The van der Waals surface area contributed by atoms with Crippen LogP contribution in [-0.2, 0) is 21.4 Å². The summed E-state index contributed by atoms with van der Waals surface area (Å²) in [5, 5.41) is 0. The third-order valence-electron chi connectivity index (χ3n) is 4.08. The first-order valence-corrected chi connectivity index (χ1v) is 10.5.